The number of benzene rings is 1. The molecule has 0 aliphatic carbocycles. The Balaban J connectivity index is 3.11. The molecule has 0 spiro atoms. The van der Waals surface area contributed by atoms with Crippen molar-refractivity contribution in [2.24, 2.45) is 5.11 Å². The number of esters is 1. The van der Waals surface area contributed by atoms with Gasteiger partial charge in [0.05, 0.1) is 25.3 Å². The highest BCUT2D eigenvalue weighted by molar-refractivity contribution is 5.92. The molecule has 1 aromatic rings. The van der Waals surface area contributed by atoms with Crippen molar-refractivity contribution in [2.45, 2.75) is 12.2 Å². The molecule has 0 aromatic heterocycles. The molecule has 0 aliphatic rings. The molecule has 0 radical (unpaired) electrons. The Morgan fingerprint density at radius 2 is 2.26 bits per heavy atom. The van der Waals surface area contributed by atoms with Crippen LogP contribution in [0.5, 0.6) is 0 Å². The van der Waals surface area contributed by atoms with Crippen LogP contribution in [0.3, 0.4) is 0 Å². The quantitative estimate of drug-likeness (QED) is 0.237. The number of aliphatic hydroxyl groups excluding tert-OH is 2. The minimum Gasteiger partial charge on any atom is -0.465 e. The summed E-state index contributed by atoms with van der Waals surface area (Å²) in [5.74, 6) is -0.683. The number of hydrogen-bond donors (Lipinski definition) is 3. The van der Waals surface area contributed by atoms with Gasteiger partial charge in [0, 0.05) is 10.6 Å². The highest BCUT2D eigenvalue weighted by Crippen LogP contribution is 2.24. The number of carbonyl (C=O) groups excluding carboxylic acids is 1. The van der Waals surface area contributed by atoms with Crippen LogP contribution in [0.4, 0.5) is 5.69 Å². The number of aliphatic hydroxyl groups is 2. The predicted octanol–water partition coefficient (Wildman–Crippen LogP) is 0.760. The number of carbonyl (C=O) groups is 1. The van der Waals surface area contributed by atoms with Gasteiger partial charge in [-0.3, -0.25) is 0 Å². The van der Waals surface area contributed by atoms with E-state index in [0.29, 0.717) is 5.69 Å². The molecule has 0 bridgehead atoms. The van der Waals surface area contributed by atoms with Crippen LogP contribution in [-0.4, -0.2) is 35.9 Å². The van der Waals surface area contributed by atoms with E-state index in [1.54, 1.807) is 0 Å². The van der Waals surface area contributed by atoms with Crippen molar-refractivity contribution < 1.29 is 19.7 Å². The van der Waals surface area contributed by atoms with Gasteiger partial charge in [0.15, 0.2) is 0 Å². The molecule has 1 rings (SSSR count). The lowest BCUT2D eigenvalue weighted by atomic mass is 9.98. The molecule has 0 heterocycles. The first-order chi connectivity index (χ1) is 9.01. The molecular weight excluding hydrogens is 252 g/mol. The van der Waals surface area contributed by atoms with E-state index in [1.807, 2.05) is 0 Å². The maximum absolute atomic E-state index is 11.6. The first kappa shape index (κ1) is 14.8. The number of hydrogen-bond acceptors (Lipinski definition) is 6. The Morgan fingerprint density at radius 3 is 2.84 bits per heavy atom. The van der Waals surface area contributed by atoms with Gasteiger partial charge in [-0.2, -0.15) is 0 Å². The molecule has 0 aliphatic heterocycles. The fourth-order valence-electron chi connectivity index (χ4n) is 1.55. The zero-order chi connectivity index (χ0) is 14.4. The third kappa shape index (κ3) is 3.59. The van der Waals surface area contributed by atoms with Crippen molar-refractivity contribution in [3.63, 3.8) is 0 Å². The van der Waals surface area contributed by atoms with Gasteiger partial charge < -0.3 is 20.7 Å². The Morgan fingerprint density at radius 1 is 1.58 bits per heavy atom. The van der Waals surface area contributed by atoms with Gasteiger partial charge >= 0.3 is 5.97 Å². The highest BCUT2D eigenvalue weighted by Gasteiger charge is 2.23. The number of nitrogens with two attached hydrogens (primary N) is 1. The fourth-order valence-corrected chi connectivity index (χ4v) is 1.55. The zero-order valence-electron chi connectivity index (χ0n) is 10.2. The average molecular weight is 266 g/mol. The van der Waals surface area contributed by atoms with Gasteiger partial charge in [0.1, 0.15) is 6.10 Å². The third-order valence-corrected chi connectivity index (χ3v) is 2.50. The molecule has 0 saturated heterocycles. The van der Waals surface area contributed by atoms with E-state index in [-0.39, 0.29) is 17.7 Å². The fraction of sp³-hybridized carbons (Fsp3) is 0.364. The first-order valence-corrected chi connectivity index (χ1v) is 5.36. The molecule has 8 heteroatoms. The summed E-state index contributed by atoms with van der Waals surface area (Å²) in [7, 11) is 1.19. The van der Waals surface area contributed by atoms with E-state index in [1.165, 1.54) is 25.3 Å². The van der Waals surface area contributed by atoms with Crippen LogP contribution in [0, 0.1) is 0 Å². The van der Waals surface area contributed by atoms with Gasteiger partial charge in [-0.05, 0) is 23.2 Å². The van der Waals surface area contributed by atoms with E-state index in [4.69, 9.17) is 11.3 Å². The molecule has 1 aromatic carbocycles. The molecule has 19 heavy (non-hydrogen) atoms. The van der Waals surface area contributed by atoms with Crippen molar-refractivity contribution in [1.82, 2.24) is 0 Å². The van der Waals surface area contributed by atoms with E-state index in [9.17, 15) is 15.0 Å². The van der Waals surface area contributed by atoms with Gasteiger partial charge in [-0.25, -0.2) is 4.79 Å². The largest absolute Gasteiger partial charge is 0.465 e. The first-order valence-electron chi connectivity index (χ1n) is 5.36. The maximum atomic E-state index is 11.6. The van der Waals surface area contributed by atoms with Gasteiger partial charge in [-0.1, -0.05) is 11.2 Å². The molecule has 102 valence electrons. The van der Waals surface area contributed by atoms with E-state index < -0.39 is 18.2 Å². The zero-order valence-corrected chi connectivity index (χ0v) is 10.2. The lowest BCUT2D eigenvalue weighted by molar-refractivity contribution is 0.0229. The number of rotatable bonds is 5. The standard InChI is InChI=1S/C11H14N4O4/c1-19-11(18)8-4-6(12)2-3-7(8)10(17)9(16)5-14-15-13/h2-4,9-10,16-17H,5,12H2,1H3. The van der Waals surface area contributed by atoms with E-state index >= 15 is 0 Å². The maximum Gasteiger partial charge on any atom is 0.338 e. The molecule has 2 unspecified atom stereocenters. The Kier molecular flexibility index (Phi) is 5.13. The number of methoxy groups -OCH3 is 1. The summed E-state index contributed by atoms with van der Waals surface area (Å²) in [6.45, 7) is -0.317. The number of anilines is 1. The molecule has 8 nitrogen and oxygen atoms in total. The minimum atomic E-state index is -1.39. The molecular formula is C11H14N4O4. The normalized spacial score (nSPS) is 13.2. The average Bonchev–Trinajstić information content (AvgIpc) is 2.42. The molecule has 4 N–H and O–H groups in total. The number of ether oxygens (including phenoxy) is 1. The second-order valence-electron chi connectivity index (χ2n) is 3.76. The van der Waals surface area contributed by atoms with Crippen LogP contribution >= 0.6 is 0 Å². The van der Waals surface area contributed by atoms with Crippen molar-refractivity contribution in [2.75, 3.05) is 19.4 Å². The molecule has 0 fully saturated rings. The number of nitrogens with zero attached hydrogens (tertiary/aromatic N) is 3. The van der Waals surface area contributed by atoms with Crippen LogP contribution in [0.2, 0.25) is 0 Å². The lowest BCUT2D eigenvalue weighted by Crippen LogP contribution is -2.23. The molecule has 0 amide bonds. The highest BCUT2D eigenvalue weighted by atomic mass is 16.5. The molecule has 0 saturated carbocycles. The van der Waals surface area contributed by atoms with Gasteiger partial charge in [0.25, 0.3) is 0 Å². The topological polar surface area (TPSA) is 142 Å². The van der Waals surface area contributed by atoms with Gasteiger partial charge in [-0.15, -0.1) is 0 Å². The number of azide groups is 1. The summed E-state index contributed by atoms with van der Waals surface area (Å²) in [6, 6.07) is 4.22. The van der Waals surface area contributed by atoms with Crippen LogP contribution in [0.25, 0.3) is 10.4 Å². The Hall–Kier alpha value is -2.28. The van der Waals surface area contributed by atoms with E-state index in [2.05, 4.69) is 14.8 Å². The summed E-state index contributed by atoms with van der Waals surface area (Å²) in [4.78, 5) is 14.1. The SMILES string of the molecule is COC(=O)c1cc(N)ccc1C(O)C(O)CN=[N+]=[N-]. The number of nitrogen functional groups attached to an aromatic ring is 1. The smallest absolute Gasteiger partial charge is 0.338 e. The second kappa shape index (κ2) is 6.60. The Bertz CT molecular complexity index is 513. The predicted molar refractivity (Wildman–Crippen MR) is 67.2 cm³/mol. The van der Waals surface area contributed by atoms with E-state index in [0.717, 1.165) is 0 Å². The molecule has 2 atom stereocenters. The third-order valence-electron chi connectivity index (χ3n) is 2.50. The summed E-state index contributed by atoms with van der Waals surface area (Å²) in [5, 5.41) is 22.8. The van der Waals surface area contributed by atoms with Crippen LogP contribution < -0.4 is 5.73 Å². The van der Waals surface area contributed by atoms with Crippen molar-refractivity contribution in [3.8, 4) is 0 Å². The summed E-state index contributed by atoms with van der Waals surface area (Å²) >= 11 is 0. The van der Waals surface area contributed by atoms with Crippen molar-refractivity contribution >= 4 is 11.7 Å². The second-order valence-corrected chi connectivity index (χ2v) is 3.76. The monoisotopic (exact) mass is 266 g/mol. The summed E-state index contributed by atoms with van der Waals surface area (Å²) in [6.07, 6.45) is -2.72. The lowest BCUT2D eigenvalue weighted by Gasteiger charge is -2.19. The Labute approximate surface area is 109 Å². The van der Waals surface area contributed by atoms with Crippen molar-refractivity contribution in [1.29, 1.82) is 0 Å². The van der Waals surface area contributed by atoms with Crippen LogP contribution in [0.15, 0.2) is 23.3 Å². The van der Waals surface area contributed by atoms with Crippen LogP contribution in [0.1, 0.15) is 22.0 Å². The minimum absolute atomic E-state index is 0.0509. The summed E-state index contributed by atoms with van der Waals surface area (Å²) < 4.78 is 4.57. The van der Waals surface area contributed by atoms with Crippen molar-refractivity contribution in [3.05, 3.63) is 39.8 Å². The summed E-state index contributed by atoms with van der Waals surface area (Å²) in [5.41, 5.74) is 14.2. The van der Waals surface area contributed by atoms with Gasteiger partial charge in [0.2, 0.25) is 0 Å². The van der Waals surface area contributed by atoms with Crippen LogP contribution in [-0.2, 0) is 4.74 Å².